The van der Waals surface area contributed by atoms with Crippen LogP contribution >= 0.6 is 0 Å². The fraction of sp³-hybridized carbons (Fsp3) is 0.773. The highest BCUT2D eigenvalue weighted by Crippen LogP contribution is 2.36. The fourth-order valence-corrected chi connectivity index (χ4v) is 5.81. The Balaban J connectivity index is 2.75. The summed E-state index contributed by atoms with van der Waals surface area (Å²) in [5.74, 6) is -1.40. The second kappa shape index (κ2) is 11.7. The summed E-state index contributed by atoms with van der Waals surface area (Å²) < 4.78 is 29.6. The topological polar surface area (TPSA) is 101 Å². The standard InChI is InChI=1S/C22H38O6S/c1-5-6-14-22(2,3)15-13-17(23)21-18(24)16-29(26,27)19(21)11-9-7-8-10-12-20(25)28-4/h7,9,13,18-19,21,23-24H,5-6,8,10-12,14-16H2,1-4H3/b9-7?,17-13+/t18-,19-,21-/m0/s1. The summed E-state index contributed by atoms with van der Waals surface area (Å²) in [5.41, 5.74) is 0.0153. The molecule has 0 spiro atoms. The first-order valence-electron chi connectivity index (χ1n) is 10.5. The molecule has 1 heterocycles. The van der Waals surface area contributed by atoms with Crippen molar-refractivity contribution in [3.63, 3.8) is 0 Å². The molecule has 1 rings (SSSR count). The quantitative estimate of drug-likeness (QED) is 0.209. The number of carbonyl (C=O) groups excluding carboxylic acids is 1. The van der Waals surface area contributed by atoms with Crippen LogP contribution in [0.4, 0.5) is 0 Å². The zero-order chi connectivity index (χ0) is 22.1. The first kappa shape index (κ1) is 25.7. The van der Waals surface area contributed by atoms with E-state index in [9.17, 15) is 23.4 Å². The Morgan fingerprint density at radius 2 is 1.93 bits per heavy atom. The minimum atomic E-state index is -3.48. The van der Waals surface area contributed by atoms with E-state index in [-0.39, 0.29) is 29.3 Å². The smallest absolute Gasteiger partial charge is 0.305 e. The Morgan fingerprint density at radius 1 is 1.24 bits per heavy atom. The number of allylic oxidation sites excluding steroid dienone is 3. The molecule has 0 aliphatic carbocycles. The lowest BCUT2D eigenvalue weighted by atomic mass is 9.83. The second-order valence-electron chi connectivity index (χ2n) is 8.74. The second-order valence-corrected chi connectivity index (χ2v) is 11.0. The SMILES string of the molecule is CCCCC(C)(C)C/C=C(/O)[C@H]1[C@@H](O)CS(=O)(=O)[C@H]1CC=CCCCC(=O)OC. The third-order valence-electron chi connectivity index (χ3n) is 5.61. The molecule has 2 N–H and O–H groups in total. The molecule has 0 aromatic carbocycles. The summed E-state index contributed by atoms with van der Waals surface area (Å²) in [7, 11) is -2.14. The number of rotatable bonds is 12. The molecular formula is C22H38O6S. The highest BCUT2D eigenvalue weighted by molar-refractivity contribution is 7.92. The van der Waals surface area contributed by atoms with Crippen LogP contribution in [0.3, 0.4) is 0 Å². The van der Waals surface area contributed by atoms with Crippen LogP contribution in [0.5, 0.6) is 0 Å². The van der Waals surface area contributed by atoms with E-state index in [1.165, 1.54) is 7.11 Å². The Labute approximate surface area is 176 Å². The van der Waals surface area contributed by atoms with E-state index < -0.39 is 27.1 Å². The number of ether oxygens (including phenoxy) is 1. The maximum absolute atomic E-state index is 12.5. The highest BCUT2D eigenvalue weighted by Gasteiger charge is 2.47. The van der Waals surface area contributed by atoms with Gasteiger partial charge in [0.25, 0.3) is 0 Å². The Bertz CT molecular complexity index is 677. The molecule has 168 valence electrons. The van der Waals surface area contributed by atoms with Crippen molar-refractivity contribution < 1.29 is 28.2 Å². The molecule has 7 heteroatoms. The highest BCUT2D eigenvalue weighted by atomic mass is 32.2. The molecule has 0 unspecified atom stereocenters. The van der Waals surface area contributed by atoms with Crippen LogP contribution in [0.15, 0.2) is 24.0 Å². The number of esters is 1. The summed E-state index contributed by atoms with van der Waals surface area (Å²) in [4.78, 5) is 11.1. The third-order valence-corrected chi connectivity index (χ3v) is 7.82. The number of sulfone groups is 1. The number of methoxy groups -OCH3 is 1. The van der Waals surface area contributed by atoms with Crippen molar-refractivity contribution >= 4 is 15.8 Å². The van der Waals surface area contributed by atoms with Gasteiger partial charge in [0.05, 0.1) is 35.9 Å². The molecule has 6 nitrogen and oxygen atoms in total. The molecule has 0 aromatic heterocycles. The number of hydrogen-bond acceptors (Lipinski definition) is 6. The fourth-order valence-electron chi connectivity index (χ4n) is 3.71. The average Bonchev–Trinajstić information content (AvgIpc) is 2.88. The minimum Gasteiger partial charge on any atom is -0.512 e. The maximum atomic E-state index is 12.5. The molecule has 0 bridgehead atoms. The predicted octanol–water partition coefficient (Wildman–Crippen LogP) is 4.10. The van der Waals surface area contributed by atoms with Crippen LogP contribution in [0, 0.1) is 11.3 Å². The van der Waals surface area contributed by atoms with Crippen LogP contribution in [-0.4, -0.2) is 48.8 Å². The van der Waals surface area contributed by atoms with Crippen LogP contribution < -0.4 is 0 Å². The molecule has 3 atom stereocenters. The van der Waals surface area contributed by atoms with Gasteiger partial charge in [-0.05, 0) is 43.6 Å². The van der Waals surface area contributed by atoms with Crippen molar-refractivity contribution in [2.45, 2.75) is 83.5 Å². The third kappa shape index (κ3) is 8.51. The summed E-state index contributed by atoms with van der Waals surface area (Å²) in [6.45, 7) is 6.39. The minimum absolute atomic E-state index is 0.0153. The van der Waals surface area contributed by atoms with Crippen LogP contribution in [-0.2, 0) is 19.4 Å². The zero-order valence-corrected chi connectivity index (χ0v) is 19.1. The van der Waals surface area contributed by atoms with Gasteiger partial charge in [0, 0.05) is 6.42 Å². The van der Waals surface area contributed by atoms with Gasteiger partial charge in [-0.25, -0.2) is 8.42 Å². The van der Waals surface area contributed by atoms with Gasteiger partial charge in [0.15, 0.2) is 9.84 Å². The number of hydrogen-bond donors (Lipinski definition) is 2. The molecule has 1 saturated heterocycles. The average molecular weight is 431 g/mol. The summed E-state index contributed by atoms with van der Waals surface area (Å²) in [6, 6.07) is 0. The number of aliphatic hydroxyl groups is 2. The summed E-state index contributed by atoms with van der Waals surface area (Å²) >= 11 is 0. The van der Waals surface area contributed by atoms with Gasteiger partial charge >= 0.3 is 5.97 Å². The van der Waals surface area contributed by atoms with Crippen molar-refractivity contribution in [3.05, 3.63) is 24.0 Å². The molecular weight excluding hydrogens is 392 g/mol. The molecule has 0 aromatic rings. The van der Waals surface area contributed by atoms with Crippen molar-refractivity contribution in [1.29, 1.82) is 0 Å². The van der Waals surface area contributed by atoms with Crippen molar-refractivity contribution in [2.75, 3.05) is 12.9 Å². The first-order chi connectivity index (χ1) is 13.5. The first-order valence-corrected chi connectivity index (χ1v) is 12.3. The lowest BCUT2D eigenvalue weighted by Gasteiger charge is -2.24. The van der Waals surface area contributed by atoms with E-state index in [0.717, 1.165) is 19.3 Å². The maximum Gasteiger partial charge on any atom is 0.305 e. The Kier molecular flexibility index (Phi) is 10.4. The number of aliphatic hydroxyl groups excluding tert-OH is 2. The Morgan fingerprint density at radius 3 is 2.55 bits per heavy atom. The molecule has 0 saturated carbocycles. The van der Waals surface area contributed by atoms with Crippen LogP contribution in [0.25, 0.3) is 0 Å². The normalized spacial score (nSPS) is 24.9. The van der Waals surface area contributed by atoms with Gasteiger partial charge in [-0.3, -0.25) is 4.79 Å². The van der Waals surface area contributed by atoms with Gasteiger partial charge < -0.3 is 14.9 Å². The van der Waals surface area contributed by atoms with Gasteiger partial charge in [0.2, 0.25) is 0 Å². The molecule has 1 aliphatic heterocycles. The van der Waals surface area contributed by atoms with Gasteiger partial charge in [-0.15, -0.1) is 0 Å². The molecule has 29 heavy (non-hydrogen) atoms. The number of carbonyl (C=O) groups is 1. The molecule has 1 aliphatic rings. The van der Waals surface area contributed by atoms with E-state index in [0.29, 0.717) is 25.7 Å². The zero-order valence-electron chi connectivity index (χ0n) is 18.3. The summed E-state index contributed by atoms with van der Waals surface area (Å²) in [6.07, 6.45) is 9.91. The lowest BCUT2D eigenvalue weighted by Crippen LogP contribution is -2.27. The van der Waals surface area contributed by atoms with Crippen molar-refractivity contribution in [3.8, 4) is 0 Å². The summed E-state index contributed by atoms with van der Waals surface area (Å²) in [5, 5.41) is 20.1. The van der Waals surface area contributed by atoms with E-state index in [1.807, 2.05) is 6.08 Å². The molecule has 0 amide bonds. The Hall–Kier alpha value is -1.34. The van der Waals surface area contributed by atoms with Crippen LogP contribution in [0.2, 0.25) is 0 Å². The van der Waals surface area contributed by atoms with E-state index in [2.05, 4.69) is 25.5 Å². The van der Waals surface area contributed by atoms with E-state index in [4.69, 9.17) is 0 Å². The lowest BCUT2D eigenvalue weighted by molar-refractivity contribution is -0.140. The largest absolute Gasteiger partial charge is 0.512 e. The number of unbranched alkanes of at least 4 members (excludes halogenated alkanes) is 2. The van der Waals surface area contributed by atoms with E-state index in [1.54, 1.807) is 12.2 Å². The van der Waals surface area contributed by atoms with E-state index >= 15 is 0 Å². The van der Waals surface area contributed by atoms with Gasteiger partial charge in [-0.2, -0.15) is 0 Å². The van der Waals surface area contributed by atoms with Crippen molar-refractivity contribution in [1.82, 2.24) is 0 Å². The molecule has 0 radical (unpaired) electrons. The van der Waals surface area contributed by atoms with Gasteiger partial charge in [-0.1, -0.05) is 45.8 Å². The molecule has 1 fully saturated rings. The van der Waals surface area contributed by atoms with Crippen LogP contribution in [0.1, 0.15) is 72.1 Å². The predicted molar refractivity (Wildman–Crippen MR) is 115 cm³/mol. The van der Waals surface area contributed by atoms with Gasteiger partial charge in [0.1, 0.15) is 0 Å². The van der Waals surface area contributed by atoms with Crippen molar-refractivity contribution in [2.24, 2.45) is 11.3 Å². The monoisotopic (exact) mass is 430 g/mol.